The number of aldehydes is 1. The average Bonchev–Trinajstić information content (AvgIpc) is 2.79. The zero-order valence-corrected chi connectivity index (χ0v) is 14.9. The van der Waals surface area contributed by atoms with E-state index in [4.69, 9.17) is 5.10 Å². The van der Waals surface area contributed by atoms with Crippen molar-refractivity contribution in [3.8, 4) is 6.07 Å². The molecule has 136 valence electrons. The molecule has 3 heterocycles. The first kappa shape index (κ1) is 17.4. The Morgan fingerprint density at radius 3 is 2.64 bits per heavy atom. The number of carbonyl (C=O) groups is 1. The number of carbonyl (C=O) groups excluding carboxylic acids is 1. The van der Waals surface area contributed by atoms with Crippen LogP contribution in [0.5, 0.6) is 0 Å². The van der Waals surface area contributed by atoms with Gasteiger partial charge in [-0.25, -0.2) is 5.01 Å². The van der Waals surface area contributed by atoms with E-state index in [1.165, 1.54) is 0 Å². The number of hydrazone groups is 1. The van der Waals surface area contributed by atoms with Gasteiger partial charge in [0.15, 0.2) is 12.5 Å². The topological polar surface area (TPSA) is 85.5 Å². The first-order valence-electron chi connectivity index (χ1n) is 8.71. The van der Waals surface area contributed by atoms with Gasteiger partial charge in [0.05, 0.1) is 35.4 Å². The smallest absolute Gasteiger partial charge is 0.180 e. The van der Waals surface area contributed by atoms with Crippen LogP contribution in [-0.4, -0.2) is 34.7 Å². The van der Waals surface area contributed by atoms with E-state index in [9.17, 15) is 10.1 Å². The SMILES string of the molecule is N#Cc1ccccc1N1N=C(c2ccccn2)CN(c2cccnc2)C1C=O. The van der Waals surface area contributed by atoms with E-state index in [2.05, 4.69) is 16.0 Å². The lowest BCUT2D eigenvalue weighted by Gasteiger charge is -2.40. The molecule has 1 unspecified atom stereocenters. The summed E-state index contributed by atoms with van der Waals surface area (Å²) in [7, 11) is 0. The van der Waals surface area contributed by atoms with Gasteiger partial charge in [-0.1, -0.05) is 18.2 Å². The fraction of sp³-hybridized carbons (Fsp3) is 0.0952. The molecule has 0 spiro atoms. The van der Waals surface area contributed by atoms with Crippen LogP contribution < -0.4 is 9.91 Å². The Hall–Kier alpha value is -4.05. The lowest BCUT2D eigenvalue weighted by Crippen LogP contribution is -2.54. The Morgan fingerprint density at radius 1 is 1.07 bits per heavy atom. The van der Waals surface area contributed by atoms with Crippen molar-refractivity contribution in [1.82, 2.24) is 9.97 Å². The summed E-state index contributed by atoms with van der Waals surface area (Å²) in [4.78, 5) is 22.6. The number of hydrogen-bond donors (Lipinski definition) is 0. The molecule has 0 amide bonds. The summed E-state index contributed by atoms with van der Waals surface area (Å²) in [6.45, 7) is 0.386. The molecular weight excluding hydrogens is 352 g/mol. The van der Waals surface area contributed by atoms with E-state index in [1.807, 2.05) is 41.3 Å². The lowest BCUT2D eigenvalue weighted by atomic mass is 10.1. The zero-order chi connectivity index (χ0) is 19.3. The number of aromatic nitrogens is 2. The fourth-order valence-electron chi connectivity index (χ4n) is 3.14. The molecule has 1 aliphatic rings. The number of pyridine rings is 2. The third-order valence-corrected chi connectivity index (χ3v) is 4.45. The van der Waals surface area contributed by atoms with Crippen LogP contribution in [0.25, 0.3) is 0 Å². The summed E-state index contributed by atoms with van der Waals surface area (Å²) >= 11 is 0. The molecule has 0 aliphatic carbocycles. The number of hydrogen-bond acceptors (Lipinski definition) is 7. The van der Waals surface area contributed by atoms with Crippen molar-refractivity contribution in [3.05, 3.63) is 84.4 Å². The molecule has 0 saturated heterocycles. The number of nitrogens with zero attached hydrogens (tertiary/aromatic N) is 6. The lowest BCUT2D eigenvalue weighted by molar-refractivity contribution is -0.109. The molecule has 0 saturated carbocycles. The first-order valence-corrected chi connectivity index (χ1v) is 8.71. The van der Waals surface area contributed by atoms with Gasteiger partial charge in [0.2, 0.25) is 0 Å². The molecule has 7 nitrogen and oxygen atoms in total. The highest BCUT2D eigenvalue weighted by molar-refractivity contribution is 6.04. The molecule has 4 rings (SSSR count). The third kappa shape index (κ3) is 3.19. The first-order chi connectivity index (χ1) is 13.8. The zero-order valence-electron chi connectivity index (χ0n) is 14.9. The standard InChI is InChI=1S/C21H16N6O/c22-12-16-6-1-2-9-20(16)27-21(15-28)26(17-7-5-10-23-13-17)14-19(25-27)18-8-3-4-11-24-18/h1-11,13,15,21H,14H2. The van der Waals surface area contributed by atoms with Crippen LogP contribution in [-0.2, 0) is 4.79 Å². The van der Waals surface area contributed by atoms with Gasteiger partial charge < -0.3 is 4.90 Å². The molecule has 1 aliphatic heterocycles. The van der Waals surface area contributed by atoms with Crippen LogP contribution in [0.2, 0.25) is 0 Å². The van der Waals surface area contributed by atoms with Crippen molar-refractivity contribution < 1.29 is 4.79 Å². The van der Waals surface area contributed by atoms with E-state index < -0.39 is 6.17 Å². The molecule has 3 aromatic rings. The minimum Gasteiger partial charge on any atom is -0.336 e. The second kappa shape index (κ2) is 7.68. The summed E-state index contributed by atoms with van der Waals surface area (Å²) in [5.41, 5.74) is 3.17. The largest absolute Gasteiger partial charge is 0.336 e. The number of nitriles is 1. The fourth-order valence-corrected chi connectivity index (χ4v) is 3.14. The summed E-state index contributed by atoms with van der Waals surface area (Å²) in [5, 5.41) is 15.8. The maximum absolute atomic E-state index is 12.1. The minimum absolute atomic E-state index is 0.386. The normalized spacial score (nSPS) is 16.2. The minimum atomic E-state index is -0.717. The Labute approximate surface area is 162 Å². The summed E-state index contributed by atoms with van der Waals surface area (Å²) < 4.78 is 0. The van der Waals surface area contributed by atoms with Crippen LogP contribution in [0.4, 0.5) is 11.4 Å². The Morgan fingerprint density at radius 2 is 1.93 bits per heavy atom. The molecule has 0 radical (unpaired) electrons. The van der Waals surface area contributed by atoms with Crippen LogP contribution in [0.3, 0.4) is 0 Å². The van der Waals surface area contributed by atoms with Gasteiger partial charge in [-0.3, -0.25) is 14.8 Å². The van der Waals surface area contributed by atoms with Crippen molar-refractivity contribution in [2.24, 2.45) is 5.10 Å². The molecule has 0 N–H and O–H groups in total. The number of anilines is 2. The highest BCUT2D eigenvalue weighted by atomic mass is 16.1. The van der Waals surface area contributed by atoms with Gasteiger partial charge in [0.1, 0.15) is 11.8 Å². The monoisotopic (exact) mass is 368 g/mol. The van der Waals surface area contributed by atoms with Gasteiger partial charge in [-0.05, 0) is 36.4 Å². The maximum Gasteiger partial charge on any atom is 0.180 e. The van der Waals surface area contributed by atoms with Crippen molar-refractivity contribution >= 4 is 23.4 Å². The van der Waals surface area contributed by atoms with Crippen molar-refractivity contribution in [1.29, 1.82) is 5.26 Å². The quantitative estimate of drug-likeness (QED) is 0.658. The van der Waals surface area contributed by atoms with E-state index in [1.54, 1.807) is 41.8 Å². The third-order valence-electron chi connectivity index (χ3n) is 4.45. The second-order valence-corrected chi connectivity index (χ2v) is 6.12. The van der Waals surface area contributed by atoms with Crippen molar-refractivity contribution in [2.75, 3.05) is 16.5 Å². The second-order valence-electron chi connectivity index (χ2n) is 6.12. The van der Waals surface area contributed by atoms with Gasteiger partial charge in [-0.2, -0.15) is 10.4 Å². The number of rotatable bonds is 4. The van der Waals surface area contributed by atoms with E-state index in [0.29, 0.717) is 29.2 Å². The molecular formula is C21H16N6O. The highest BCUT2D eigenvalue weighted by Gasteiger charge is 2.33. The predicted octanol–water partition coefficient (Wildman–Crippen LogP) is 2.60. The summed E-state index contributed by atoms with van der Waals surface area (Å²) in [5.74, 6) is 0. The number of benzene rings is 1. The van der Waals surface area contributed by atoms with Gasteiger partial charge in [-0.15, -0.1) is 0 Å². The Bertz CT molecular complexity index is 1050. The van der Waals surface area contributed by atoms with Gasteiger partial charge in [0.25, 0.3) is 0 Å². The van der Waals surface area contributed by atoms with E-state index in [0.717, 1.165) is 12.0 Å². The van der Waals surface area contributed by atoms with Crippen LogP contribution in [0.1, 0.15) is 11.3 Å². The summed E-state index contributed by atoms with van der Waals surface area (Å²) in [6, 6.07) is 18.6. The molecule has 7 heteroatoms. The Kier molecular flexibility index (Phi) is 4.76. The van der Waals surface area contributed by atoms with Crippen LogP contribution >= 0.6 is 0 Å². The Balaban J connectivity index is 1.88. The average molecular weight is 368 g/mol. The maximum atomic E-state index is 12.1. The highest BCUT2D eigenvalue weighted by Crippen LogP contribution is 2.29. The molecule has 0 fully saturated rings. The van der Waals surface area contributed by atoms with Crippen molar-refractivity contribution in [3.63, 3.8) is 0 Å². The van der Waals surface area contributed by atoms with Crippen LogP contribution in [0.15, 0.2) is 78.3 Å². The molecule has 0 bridgehead atoms. The molecule has 1 atom stereocenters. The predicted molar refractivity (Wildman–Crippen MR) is 106 cm³/mol. The van der Waals surface area contributed by atoms with Gasteiger partial charge >= 0.3 is 0 Å². The van der Waals surface area contributed by atoms with E-state index >= 15 is 0 Å². The molecule has 28 heavy (non-hydrogen) atoms. The van der Waals surface area contributed by atoms with E-state index in [-0.39, 0.29) is 0 Å². The van der Waals surface area contributed by atoms with Crippen LogP contribution in [0, 0.1) is 11.3 Å². The number of para-hydroxylation sites is 1. The van der Waals surface area contributed by atoms with Gasteiger partial charge in [0, 0.05) is 12.4 Å². The molecule has 2 aromatic heterocycles. The molecule has 1 aromatic carbocycles. The van der Waals surface area contributed by atoms with Crippen molar-refractivity contribution in [2.45, 2.75) is 6.17 Å². The summed E-state index contributed by atoms with van der Waals surface area (Å²) in [6.07, 6.45) is 5.18.